The summed E-state index contributed by atoms with van der Waals surface area (Å²) >= 11 is 5.28. The lowest BCUT2D eigenvalue weighted by atomic mass is 10.4. The van der Waals surface area contributed by atoms with Crippen LogP contribution in [0.25, 0.3) is 16.2 Å². The molecule has 0 radical (unpaired) electrons. The van der Waals surface area contributed by atoms with Crippen LogP contribution in [-0.2, 0) is 0 Å². The molecular formula is C11H7BrN2S. The van der Waals surface area contributed by atoms with Gasteiger partial charge in [0.15, 0.2) is 0 Å². The third kappa shape index (κ3) is 1.41. The van der Waals surface area contributed by atoms with Crippen LogP contribution in [-0.4, -0.2) is 9.38 Å². The molecular weight excluding hydrogens is 272 g/mol. The molecule has 74 valence electrons. The van der Waals surface area contributed by atoms with Gasteiger partial charge in [0, 0.05) is 6.20 Å². The number of aromatic nitrogens is 2. The fourth-order valence-corrected chi connectivity index (χ4v) is 2.98. The van der Waals surface area contributed by atoms with E-state index in [0.717, 1.165) is 15.9 Å². The van der Waals surface area contributed by atoms with Crippen LogP contribution < -0.4 is 0 Å². The molecule has 4 heteroatoms. The average Bonchev–Trinajstić information content (AvgIpc) is 2.87. The quantitative estimate of drug-likeness (QED) is 0.661. The van der Waals surface area contributed by atoms with E-state index in [4.69, 9.17) is 0 Å². The predicted molar refractivity (Wildman–Crippen MR) is 66.2 cm³/mol. The van der Waals surface area contributed by atoms with Gasteiger partial charge >= 0.3 is 0 Å². The molecule has 3 aromatic heterocycles. The zero-order valence-electron chi connectivity index (χ0n) is 7.72. The molecule has 0 bridgehead atoms. The fraction of sp³-hybridized carbons (Fsp3) is 0. The monoisotopic (exact) mass is 278 g/mol. The van der Waals surface area contributed by atoms with Crippen LogP contribution in [0.15, 0.2) is 46.5 Å². The zero-order chi connectivity index (χ0) is 10.3. The number of nitrogens with zero attached hydrogens (tertiary/aromatic N) is 2. The highest BCUT2D eigenvalue weighted by atomic mass is 79.9. The van der Waals surface area contributed by atoms with Crippen LogP contribution in [0.4, 0.5) is 0 Å². The molecule has 0 unspecified atom stereocenters. The maximum absolute atomic E-state index is 4.58. The van der Waals surface area contributed by atoms with Crippen molar-refractivity contribution in [3.05, 3.63) is 46.5 Å². The summed E-state index contributed by atoms with van der Waals surface area (Å²) in [6.07, 6.45) is 2.00. The summed E-state index contributed by atoms with van der Waals surface area (Å²) in [7, 11) is 0. The molecule has 0 aliphatic carbocycles. The van der Waals surface area contributed by atoms with Gasteiger partial charge in [-0.2, -0.15) is 0 Å². The highest BCUT2D eigenvalue weighted by Gasteiger charge is 2.11. The van der Waals surface area contributed by atoms with Crippen LogP contribution in [0.5, 0.6) is 0 Å². The van der Waals surface area contributed by atoms with E-state index in [9.17, 15) is 0 Å². The molecule has 0 saturated heterocycles. The first-order valence-electron chi connectivity index (χ1n) is 4.53. The number of hydrogen-bond acceptors (Lipinski definition) is 2. The minimum absolute atomic E-state index is 0.966. The van der Waals surface area contributed by atoms with Crippen molar-refractivity contribution in [1.29, 1.82) is 0 Å². The predicted octanol–water partition coefficient (Wildman–Crippen LogP) is 3.83. The zero-order valence-corrected chi connectivity index (χ0v) is 10.1. The Labute approximate surface area is 99.3 Å². The van der Waals surface area contributed by atoms with Crippen molar-refractivity contribution < 1.29 is 0 Å². The standard InChI is InChI=1S/C11H7BrN2S/c12-11-10(8-4-3-7-15-8)13-9-5-1-2-6-14(9)11/h1-7H. The Morgan fingerprint density at radius 2 is 2.13 bits per heavy atom. The van der Waals surface area contributed by atoms with Gasteiger partial charge in [0.25, 0.3) is 0 Å². The topological polar surface area (TPSA) is 17.3 Å². The van der Waals surface area contributed by atoms with Gasteiger partial charge in [-0.05, 0) is 39.5 Å². The summed E-state index contributed by atoms with van der Waals surface area (Å²) in [5.74, 6) is 0. The highest BCUT2D eigenvalue weighted by molar-refractivity contribution is 9.10. The smallest absolute Gasteiger partial charge is 0.138 e. The number of pyridine rings is 1. The maximum atomic E-state index is 4.58. The summed E-state index contributed by atoms with van der Waals surface area (Å²) in [5.41, 5.74) is 1.98. The second-order valence-corrected chi connectivity index (χ2v) is 4.86. The molecule has 0 aliphatic heterocycles. The van der Waals surface area contributed by atoms with Crippen molar-refractivity contribution in [2.75, 3.05) is 0 Å². The Balaban J connectivity index is 2.33. The molecule has 0 aromatic carbocycles. The Bertz CT molecular complexity index is 598. The molecule has 2 nitrogen and oxygen atoms in total. The Hall–Kier alpha value is -1.13. The number of hydrogen-bond donors (Lipinski definition) is 0. The number of fused-ring (bicyclic) bond motifs is 1. The minimum atomic E-state index is 0.966. The molecule has 15 heavy (non-hydrogen) atoms. The third-order valence-electron chi connectivity index (χ3n) is 2.23. The second kappa shape index (κ2) is 3.47. The molecule has 0 N–H and O–H groups in total. The van der Waals surface area contributed by atoms with E-state index in [0.29, 0.717) is 0 Å². The normalized spacial score (nSPS) is 11.0. The van der Waals surface area contributed by atoms with Crippen molar-refractivity contribution in [3.8, 4) is 10.6 Å². The highest BCUT2D eigenvalue weighted by Crippen LogP contribution is 2.31. The van der Waals surface area contributed by atoms with Crippen LogP contribution >= 0.6 is 27.3 Å². The molecule has 0 aliphatic rings. The van der Waals surface area contributed by atoms with Crippen molar-refractivity contribution in [1.82, 2.24) is 9.38 Å². The largest absolute Gasteiger partial charge is 0.294 e. The van der Waals surface area contributed by atoms with Crippen molar-refractivity contribution in [2.45, 2.75) is 0 Å². The number of halogens is 1. The summed E-state index contributed by atoms with van der Waals surface area (Å²) in [5, 5.41) is 2.06. The Morgan fingerprint density at radius 3 is 2.87 bits per heavy atom. The summed E-state index contributed by atoms with van der Waals surface area (Å²) in [4.78, 5) is 5.77. The fourth-order valence-electron chi connectivity index (χ4n) is 1.54. The molecule has 0 atom stereocenters. The van der Waals surface area contributed by atoms with E-state index >= 15 is 0 Å². The first-order chi connectivity index (χ1) is 7.36. The summed E-state index contributed by atoms with van der Waals surface area (Å²) in [6.45, 7) is 0. The van der Waals surface area contributed by atoms with Gasteiger partial charge in [-0.25, -0.2) is 4.98 Å². The van der Waals surface area contributed by atoms with E-state index in [1.54, 1.807) is 11.3 Å². The van der Waals surface area contributed by atoms with E-state index < -0.39 is 0 Å². The third-order valence-corrected chi connectivity index (χ3v) is 3.86. The molecule has 0 spiro atoms. The van der Waals surface area contributed by atoms with Gasteiger partial charge in [-0.3, -0.25) is 4.40 Å². The summed E-state index contributed by atoms with van der Waals surface area (Å²) < 4.78 is 3.05. The minimum Gasteiger partial charge on any atom is -0.294 e. The van der Waals surface area contributed by atoms with Crippen molar-refractivity contribution >= 4 is 32.9 Å². The van der Waals surface area contributed by atoms with Crippen LogP contribution in [0.1, 0.15) is 0 Å². The molecule has 0 saturated carbocycles. The lowest BCUT2D eigenvalue weighted by Gasteiger charge is -1.93. The van der Waals surface area contributed by atoms with Gasteiger partial charge < -0.3 is 0 Å². The van der Waals surface area contributed by atoms with Gasteiger partial charge in [-0.15, -0.1) is 11.3 Å². The number of rotatable bonds is 1. The number of imidazole rings is 1. The Kier molecular flexibility index (Phi) is 2.11. The van der Waals surface area contributed by atoms with Gasteiger partial charge in [-0.1, -0.05) is 12.1 Å². The summed E-state index contributed by atoms with van der Waals surface area (Å²) in [6, 6.07) is 10.1. The van der Waals surface area contributed by atoms with Crippen molar-refractivity contribution in [3.63, 3.8) is 0 Å². The molecule has 0 amide bonds. The SMILES string of the molecule is Brc1c(-c2cccs2)nc2ccccn12. The second-order valence-electron chi connectivity index (χ2n) is 3.16. The lowest BCUT2D eigenvalue weighted by molar-refractivity contribution is 1.15. The first kappa shape index (κ1) is 9.12. The average molecular weight is 279 g/mol. The van der Waals surface area contributed by atoms with E-state index in [1.807, 2.05) is 34.9 Å². The molecule has 3 rings (SSSR count). The maximum Gasteiger partial charge on any atom is 0.138 e. The van der Waals surface area contributed by atoms with Gasteiger partial charge in [0.1, 0.15) is 15.9 Å². The van der Waals surface area contributed by atoms with Crippen molar-refractivity contribution in [2.24, 2.45) is 0 Å². The molecule has 0 fully saturated rings. The molecule has 3 aromatic rings. The molecule has 3 heterocycles. The van der Waals surface area contributed by atoms with E-state index in [1.165, 1.54) is 4.88 Å². The van der Waals surface area contributed by atoms with Crippen LogP contribution in [0.2, 0.25) is 0 Å². The van der Waals surface area contributed by atoms with E-state index in [2.05, 4.69) is 32.4 Å². The van der Waals surface area contributed by atoms with Crippen LogP contribution in [0, 0.1) is 0 Å². The van der Waals surface area contributed by atoms with Gasteiger partial charge in [0.05, 0.1) is 4.88 Å². The Morgan fingerprint density at radius 1 is 1.20 bits per heavy atom. The lowest BCUT2D eigenvalue weighted by Crippen LogP contribution is -1.80. The van der Waals surface area contributed by atoms with Crippen LogP contribution in [0.3, 0.4) is 0 Å². The first-order valence-corrected chi connectivity index (χ1v) is 6.20. The van der Waals surface area contributed by atoms with E-state index in [-0.39, 0.29) is 0 Å². The number of thiophene rings is 1. The van der Waals surface area contributed by atoms with Gasteiger partial charge in [0.2, 0.25) is 0 Å².